The van der Waals surface area contributed by atoms with E-state index in [2.05, 4.69) is 0 Å². The highest BCUT2D eigenvalue weighted by Crippen LogP contribution is 2.69. The molecule has 4 aliphatic carbocycles. The highest BCUT2D eigenvalue weighted by atomic mass is 32.2. The maximum absolute atomic E-state index is 12.7. The van der Waals surface area contributed by atoms with Crippen LogP contribution in [0.5, 0.6) is 0 Å². The third kappa shape index (κ3) is 1.62. The summed E-state index contributed by atoms with van der Waals surface area (Å²) >= 11 is 0. The molecule has 0 saturated heterocycles. The molecule has 0 radical (unpaired) electrons. The molecule has 4 saturated carbocycles. The lowest BCUT2D eigenvalue weighted by atomic mass is 9.67. The second-order valence-corrected chi connectivity index (χ2v) is 9.31. The molecule has 5 heteroatoms. The van der Waals surface area contributed by atoms with Gasteiger partial charge in [0, 0.05) is 0 Å². The van der Waals surface area contributed by atoms with Crippen molar-refractivity contribution in [3.05, 3.63) is 0 Å². The monoisotopic (exact) mass is 302 g/mol. The number of rotatable bonds is 4. The zero-order chi connectivity index (χ0) is 14.1. The van der Waals surface area contributed by atoms with E-state index >= 15 is 0 Å². The molecule has 0 aromatic heterocycles. The Bertz CT molecular complexity index is 503. The summed E-state index contributed by atoms with van der Waals surface area (Å²) in [5, 5.41) is -0.266. The summed E-state index contributed by atoms with van der Waals surface area (Å²) in [7, 11) is -2.08. The van der Waals surface area contributed by atoms with Gasteiger partial charge < -0.3 is 0 Å². The molecule has 114 valence electrons. The topological polar surface area (TPSA) is 43.4 Å². The molecule has 20 heavy (non-hydrogen) atoms. The third-order valence-electron chi connectivity index (χ3n) is 6.98. The molecule has 8 atom stereocenters. The molecule has 0 spiro atoms. The molecule has 4 fully saturated rings. The van der Waals surface area contributed by atoms with Crippen LogP contribution in [0.25, 0.3) is 0 Å². The second kappa shape index (κ2) is 4.42. The van der Waals surface area contributed by atoms with Gasteiger partial charge in [0.1, 0.15) is 0 Å². The zero-order valence-corrected chi connectivity index (χ0v) is 12.7. The van der Waals surface area contributed by atoms with Gasteiger partial charge in [-0.3, -0.25) is 8.57 Å². The van der Waals surface area contributed by atoms with E-state index in [0.29, 0.717) is 41.4 Å². The van der Waals surface area contributed by atoms with Gasteiger partial charge in [0.05, 0.1) is 19.0 Å². The standard InChI is InChI=1S/C15H23FO3S/c1-19-20(17,18)13-7-10-6-12(13)15-9-4-8(2-3-16)11(5-9)14(10)15/h8-15H,2-7H2,1H3. The number of fused-ring (bicyclic) bond motifs is 9. The van der Waals surface area contributed by atoms with Crippen molar-refractivity contribution in [2.45, 2.75) is 37.4 Å². The quantitative estimate of drug-likeness (QED) is 0.592. The van der Waals surface area contributed by atoms with Gasteiger partial charge in [0.15, 0.2) is 0 Å². The van der Waals surface area contributed by atoms with Crippen LogP contribution < -0.4 is 0 Å². The molecule has 8 unspecified atom stereocenters. The Morgan fingerprint density at radius 1 is 1.05 bits per heavy atom. The van der Waals surface area contributed by atoms with E-state index < -0.39 is 10.1 Å². The third-order valence-corrected chi connectivity index (χ3v) is 8.73. The van der Waals surface area contributed by atoms with Crippen molar-refractivity contribution >= 4 is 10.1 Å². The summed E-state index contributed by atoms with van der Waals surface area (Å²) in [4.78, 5) is 0. The number of hydrogen-bond acceptors (Lipinski definition) is 3. The average Bonchev–Trinajstić information content (AvgIpc) is 3.15. The van der Waals surface area contributed by atoms with E-state index in [1.807, 2.05) is 0 Å². The molecular weight excluding hydrogens is 279 g/mol. The Kier molecular flexibility index (Phi) is 2.98. The highest BCUT2D eigenvalue weighted by molar-refractivity contribution is 7.87. The number of halogens is 1. The van der Waals surface area contributed by atoms with Gasteiger partial charge >= 0.3 is 0 Å². The fourth-order valence-corrected chi connectivity index (χ4v) is 8.05. The summed E-state index contributed by atoms with van der Waals surface area (Å²) < 4.78 is 41.6. The molecule has 4 rings (SSSR count). The lowest BCUT2D eigenvalue weighted by Gasteiger charge is -2.40. The minimum Gasteiger partial charge on any atom is -0.273 e. The van der Waals surface area contributed by atoms with Gasteiger partial charge in [-0.25, -0.2) is 0 Å². The van der Waals surface area contributed by atoms with Crippen LogP contribution >= 0.6 is 0 Å². The average molecular weight is 302 g/mol. The van der Waals surface area contributed by atoms with Gasteiger partial charge in [-0.1, -0.05) is 0 Å². The molecule has 4 aliphatic rings. The molecular formula is C15H23FO3S. The highest BCUT2D eigenvalue weighted by Gasteiger charge is 2.66. The maximum Gasteiger partial charge on any atom is 0.270 e. The van der Waals surface area contributed by atoms with Crippen molar-refractivity contribution in [2.75, 3.05) is 13.8 Å². The Morgan fingerprint density at radius 3 is 2.40 bits per heavy atom. The second-order valence-electron chi connectivity index (χ2n) is 7.38. The Balaban J connectivity index is 1.58. The first-order valence-corrected chi connectivity index (χ1v) is 9.39. The summed E-state index contributed by atoms with van der Waals surface area (Å²) in [5.41, 5.74) is 0. The van der Waals surface area contributed by atoms with Crippen LogP contribution in [0.15, 0.2) is 0 Å². The van der Waals surface area contributed by atoms with E-state index in [4.69, 9.17) is 4.18 Å². The summed E-state index contributed by atoms with van der Waals surface area (Å²) in [5.74, 6) is 4.06. The van der Waals surface area contributed by atoms with Crippen LogP contribution in [0.1, 0.15) is 32.1 Å². The first-order valence-electron chi connectivity index (χ1n) is 7.92. The largest absolute Gasteiger partial charge is 0.273 e. The molecule has 3 nitrogen and oxygen atoms in total. The van der Waals surface area contributed by atoms with E-state index in [-0.39, 0.29) is 11.9 Å². The van der Waals surface area contributed by atoms with Gasteiger partial charge in [-0.05, 0) is 73.5 Å². The van der Waals surface area contributed by atoms with E-state index in [1.54, 1.807) is 0 Å². The first kappa shape index (κ1) is 13.5. The first-order chi connectivity index (χ1) is 9.56. The van der Waals surface area contributed by atoms with Crippen LogP contribution in [0.2, 0.25) is 0 Å². The molecule has 0 aromatic rings. The van der Waals surface area contributed by atoms with Crippen LogP contribution in [0, 0.1) is 41.4 Å². The lowest BCUT2D eigenvalue weighted by Crippen LogP contribution is -2.41. The van der Waals surface area contributed by atoms with E-state index in [1.165, 1.54) is 13.5 Å². The van der Waals surface area contributed by atoms with Crippen molar-refractivity contribution in [1.29, 1.82) is 0 Å². The van der Waals surface area contributed by atoms with Gasteiger partial charge in [-0.2, -0.15) is 8.42 Å². The zero-order valence-electron chi connectivity index (χ0n) is 11.9. The van der Waals surface area contributed by atoms with Gasteiger partial charge in [0.25, 0.3) is 10.1 Å². The molecule has 0 amide bonds. The summed E-state index contributed by atoms with van der Waals surface area (Å²) in [6, 6.07) is 0. The van der Waals surface area contributed by atoms with Crippen molar-refractivity contribution in [2.24, 2.45) is 41.4 Å². The Labute approximate surface area is 120 Å². The van der Waals surface area contributed by atoms with Crippen LogP contribution in [0.4, 0.5) is 4.39 Å². The summed E-state index contributed by atoms with van der Waals surface area (Å²) in [6.07, 6.45) is 4.94. The predicted molar refractivity (Wildman–Crippen MR) is 73.2 cm³/mol. The fraction of sp³-hybridized carbons (Fsp3) is 1.00. The maximum atomic E-state index is 12.7. The molecule has 0 aromatic carbocycles. The van der Waals surface area contributed by atoms with Crippen LogP contribution in [-0.4, -0.2) is 27.5 Å². The van der Waals surface area contributed by atoms with Crippen molar-refractivity contribution < 1.29 is 17.0 Å². The van der Waals surface area contributed by atoms with Gasteiger partial charge in [-0.15, -0.1) is 0 Å². The van der Waals surface area contributed by atoms with Crippen molar-refractivity contribution in [3.63, 3.8) is 0 Å². The number of hydrogen-bond donors (Lipinski definition) is 0. The van der Waals surface area contributed by atoms with E-state index in [0.717, 1.165) is 25.7 Å². The van der Waals surface area contributed by atoms with Crippen LogP contribution in [0.3, 0.4) is 0 Å². The van der Waals surface area contributed by atoms with Gasteiger partial charge in [0.2, 0.25) is 0 Å². The van der Waals surface area contributed by atoms with Crippen molar-refractivity contribution in [1.82, 2.24) is 0 Å². The molecule has 4 bridgehead atoms. The fourth-order valence-electron chi connectivity index (χ4n) is 6.60. The smallest absolute Gasteiger partial charge is 0.270 e. The SMILES string of the molecule is COS(=O)(=O)C1CC2CC1C1C3CC(CCF)C(C3)C21. The minimum absolute atomic E-state index is 0.194. The lowest BCUT2D eigenvalue weighted by molar-refractivity contribution is 0.0971. The summed E-state index contributed by atoms with van der Waals surface area (Å²) in [6.45, 7) is -0.194. The van der Waals surface area contributed by atoms with Crippen LogP contribution in [-0.2, 0) is 14.3 Å². The van der Waals surface area contributed by atoms with E-state index in [9.17, 15) is 12.8 Å². The predicted octanol–water partition coefficient (Wildman–Crippen LogP) is 2.62. The van der Waals surface area contributed by atoms with Crippen molar-refractivity contribution in [3.8, 4) is 0 Å². The molecule has 0 aliphatic heterocycles. The molecule has 0 N–H and O–H groups in total. The minimum atomic E-state index is -3.37. The Morgan fingerprint density at radius 2 is 1.70 bits per heavy atom. The Hall–Kier alpha value is -0.160. The normalized spacial score (nSPS) is 52.7. The molecule has 0 heterocycles. The number of alkyl halides is 1.